The Morgan fingerprint density at radius 2 is 1.15 bits per heavy atom. The van der Waals surface area contributed by atoms with Crippen LogP contribution in [0.1, 0.15) is 65.2 Å². The van der Waals surface area contributed by atoms with Gasteiger partial charge >= 0.3 is 0 Å². The molecule has 0 spiro atoms. The van der Waals surface area contributed by atoms with Crippen molar-refractivity contribution < 1.29 is 33.3 Å². The van der Waals surface area contributed by atoms with Crippen LogP contribution in [-0.4, -0.2) is 23.0 Å². The molecule has 0 fully saturated rings. The minimum absolute atomic E-state index is 0. The van der Waals surface area contributed by atoms with Crippen LogP contribution < -0.4 is 5.19 Å². The van der Waals surface area contributed by atoms with Crippen LogP contribution in [0.25, 0.3) is 66.8 Å². The van der Waals surface area contributed by atoms with Gasteiger partial charge in [-0.2, -0.15) is 0 Å². The minimum atomic E-state index is -1.33. The van der Waals surface area contributed by atoms with Crippen molar-refractivity contribution in [2.75, 3.05) is 0 Å². The molecule has 0 aliphatic rings. The van der Waals surface area contributed by atoms with Crippen molar-refractivity contribution in [1.29, 1.82) is 0 Å². The predicted octanol–water partition coefficient (Wildman–Crippen LogP) is 16.3. The fraction of sp³-hybridized carbons (Fsp3) is 0.250. The molecule has 0 atom stereocenters. The molecule has 5 aromatic carbocycles. The number of hydrogen-bond donors (Lipinski definition) is 0. The maximum Gasteiger partial charge on any atom is 0.144 e. The summed E-state index contributed by atoms with van der Waals surface area (Å²) in [6.45, 7) is 22.8. The van der Waals surface area contributed by atoms with Crippen molar-refractivity contribution >= 4 is 35.2 Å². The van der Waals surface area contributed by atoms with E-state index in [0.29, 0.717) is 28.5 Å². The molecule has 4 nitrogen and oxygen atoms in total. The molecule has 0 saturated carbocycles. The third-order valence-corrected chi connectivity index (χ3v) is 13.7. The molecule has 0 saturated heterocycles. The van der Waals surface area contributed by atoms with Gasteiger partial charge in [-0.1, -0.05) is 147 Å². The summed E-state index contributed by atoms with van der Waals surface area (Å²) in [5, 5.41) is 3.43. The van der Waals surface area contributed by atoms with E-state index in [9.17, 15) is 8.78 Å². The summed E-state index contributed by atoms with van der Waals surface area (Å²) in [6.07, 6.45) is 8.12. The van der Waals surface area contributed by atoms with Crippen molar-refractivity contribution in [3.05, 3.63) is 193 Å². The number of aromatic nitrogens is 3. The summed E-state index contributed by atoms with van der Waals surface area (Å²) in [5.41, 5.74) is 13.0. The van der Waals surface area contributed by atoms with Gasteiger partial charge in [0.05, 0.1) is 25.2 Å². The standard InChI is InChI=1S/C27H21F2NO.C18H25NSi.C15H17N.Ir/c1-27(2,3)18-9-10-30-24(14-18)23-6-4-5-22-21-8-7-16(13-25(21)31-26(22)23)17-11-19(28)15-20(29)12-17;1-14(2)11-16-12-17(15-9-7-6-8-10-15)19-13-18(16)20(3,4)5;1-12(2)10-13-8-9-16-15(11-13)14-6-4-3-5-7-14;/h4-15H,1-3H3;6-10,12-14H,11H2,1-5H3;3-9,11-12H,10H2,1-2H3;. The topological polar surface area (TPSA) is 51.8 Å². The third kappa shape index (κ3) is 13.2. The number of halogens is 2. The van der Waals surface area contributed by atoms with Gasteiger partial charge in [0.1, 0.15) is 22.8 Å². The summed E-state index contributed by atoms with van der Waals surface area (Å²) >= 11 is 0. The van der Waals surface area contributed by atoms with Gasteiger partial charge in [0.2, 0.25) is 0 Å². The molecule has 0 aliphatic carbocycles. The summed E-state index contributed by atoms with van der Waals surface area (Å²) in [4.78, 5) is 13.7. The molecule has 0 N–H and O–H groups in total. The molecule has 8 heteroatoms. The molecule has 0 amide bonds. The second-order valence-electron chi connectivity index (χ2n) is 20.3. The summed E-state index contributed by atoms with van der Waals surface area (Å²) in [7, 11) is -1.33. The zero-order valence-corrected chi connectivity index (χ0v) is 44.4. The molecule has 0 bridgehead atoms. The van der Waals surface area contributed by atoms with Gasteiger partial charge in [-0.05, 0) is 124 Å². The molecule has 0 aliphatic heterocycles. The van der Waals surface area contributed by atoms with E-state index >= 15 is 0 Å². The summed E-state index contributed by atoms with van der Waals surface area (Å²) in [5.74, 6) is 0.153. The van der Waals surface area contributed by atoms with E-state index in [1.54, 1.807) is 0 Å². The Hall–Kier alpha value is -5.92. The molecule has 351 valence electrons. The first-order valence-corrected chi connectivity index (χ1v) is 26.9. The van der Waals surface area contributed by atoms with Gasteiger partial charge in [0, 0.05) is 72.2 Å². The smallest absolute Gasteiger partial charge is 0.144 e. The number of pyridine rings is 3. The molecule has 4 aromatic heterocycles. The Morgan fingerprint density at radius 3 is 1.75 bits per heavy atom. The van der Waals surface area contributed by atoms with E-state index in [1.807, 2.05) is 73.1 Å². The average Bonchev–Trinajstić information content (AvgIpc) is 3.67. The maximum absolute atomic E-state index is 13.7. The van der Waals surface area contributed by atoms with Crippen molar-refractivity contribution in [3.63, 3.8) is 0 Å². The van der Waals surface area contributed by atoms with Crippen LogP contribution in [0.5, 0.6) is 0 Å². The summed E-state index contributed by atoms with van der Waals surface area (Å²) in [6, 6.07) is 46.7. The van der Waals surface area contributed by atoms with Gasteiger partial charge in [0.15, 0.2) is 0 Å². The first-order chi connectivity index (χ1) is 31.9. The van der Waals surface area contributed by atoms with Gasteiger partial charge in [-0.15, -0.1) is 0 Å². The Morgan fingerprint density at radius 1 is 0.544 bits per heavy atom. The average molecular weight is 1100 g/mol. The van der Waals surface area contributed by atoms with Crippen molar-refractivity contribution in [2.45, 2.75) is 86.4 Å². The molecular formula is C60H63F2IrN3OSi. The number of benzene rings is 5. The van der Waals surface area contributed by atoms with Crippen molar-refractivity contribution in [2.24, 2.45) is 11.8 Å². The largest absolute Gasteiger partial charge is 0.455 e. The van der Waals surface area contributed by atoms with Crippen LogP contribution >= 0.6 is 0 Å². The third-order valence-electron chi connectivity index (χ3n) is 11.6. The quantitative estimate of drug-likeness (QED) is 0.135. The summed E-state index contributed by atoms with van der Waals surface area (Å²) < 4.78 is 33.6. The van der Waals surface area contributed by atoms with E-state index in [2.05, 4.69) is 151 Å². The molecular weight excluding hydrogens is 1040 g/mol. The Balaban J connectivity index is 0.000000178. The predicted molar refractivity (Wildman–Crippen MR) is 280 cm³/mol. The first kappa shape index (κ1) is 51.5. The molecule has 1 radical (unpaired) electrons. The molecule has 68 heavy (non-hydrogen) atoms. The fourth-order valence-electron chi connectivity index (χ4n) is 8.33. The van der Waals surface area contributed by atoms with Crippen molar-refractivity contribution in [1.82, 2.24) is 15.0 Å². The van der Waals surface area contributed by atoms with Crippen LogP contribution in [-0.2, 0) is 38.4 Å². The molecule has 9 aromatic rings. The van der Waals surface area contributed by atoms with E-state index in [-0.39, 0.29) is 25.5 Å². The van der Waals surface area contributed by atoms with Crippen LogP contribution in [0.15, 0.2) is 169 Å². The fourth-order valence-corrected chi connectivity index (χ4v) is 9.92. The van der Waals surface area contributed by atoms with Crippen LogP contribution in [0, 0.1) is 23.5 Å². The molecule has 9 rings (SSSR count). The second kappa shape index (κ2) is 22.5. The normalized spacial score (nSPS) is 11.5. The SMILES string of the molecule is CC(C)(C)c1ccnc(-c2cccc3c2oc2cc(-c4cc(F)cc(F)c4)ccc23)c1.CC(C)Cc1cc(-c2ccccc2)ncc1[Si](C)(C)C.CC(C)Cc1ccnc(-c2ccccc2)c1.[Ir]. The van der Waals surface area contributed by atoms with Gasteiger partial charge in [-0.3, -0.25) is 15.0 Å². The van der Waals surface area contributed by atoms with Crippen molar-refractivity contribution in [3.8, 4) is 44.9 Å². The van der Waals surface area contributed by atoms with Crippen LogP contribution in [0.4, 0.5) is 8.78 Å². The van der Waals surface area contributed by atoms with Gasteiger partial charge < -0.3 is 4.42 Å². The minimum Gasteiger partial charge on any atom is -0.455 e. The molecule has 4 heterocycles. The monoisotopic (exact) mass is 1100 g/mol. The Labute approximate surface area is 416 Å². The maximum atomic E-state index is 13.7. The number of hydrogen-bond acceptors (Lipinski definition) is 4. The van der Waals surface area contributed by atoms with E-state index in [0.717, 1.165) is 57.9 Å². The number of fused-ring (bicyclic) bond motifs is 3. The van der Waals surface area contributed by atoms with Gasteiger partial charge in [-0.25, -0.2) is 8.78 Å². The zero-order valence-electron chi connectivity index (χ0n) is 41.0. The Kier molecular flexibility index (Phi) is 17.0. The number of para-hydroxylation sites is 1. The van der Waals surface area contributed by atoms with Crippen LogP contribution in [0.3, 0.4) is 0 Å². The zero-order chi connectivity index (χ0) is 47.9. The Bertz CT molecular complexity index is 3060. The number of furan rings is 1. The first-order valence-electron chi connectivity index (χ1n) is 23.4. The van der Waals surface area contributed by atoms with E-state index in [4.69, 9.17) is 9.40 Å². The second-order valence-corrected chi connectivity index (χ2v) is 25.3. The number of nitrogens with zero attached hydrogens (tertiary/aromatic N) is 3. The van der Waals surface area contributed by atoms with Crippen LogP contribution in [0.2, 0.25) is 19.6 Å². The van der Waals surface area contributed by atoms with Gasteiger partial charge in [0.25, 0.3) is 0 Å². The van der Waals surface area contributed by atoms with E-state index in [1.165, 1.54) is 45.1 Å². The van der Waals surface area contributed by atoms with E-state index < -0.39 is 19.7 Å². The molecule has 0 unspecified atom stereocenters. The number of rotatable bonds is 9.